The molecule has 1 unspecified atom stereocenters. The van der Waals surface area contributed by atoms with Crippen LogP contribution >= 0.6 is 0 Å². The molecule has 0 bridgehead atoms. The van der Waals surface area contributed by atoms with E-state index in [9.17, 15) is 13.6 Å². The van der Waals surface area contributed by atoms with Crippen LogP contribution in [0.4, 0.5) is 8.78 Å². The Morgan fingerprint density at radius 3 is 2.50 bits per heavy atom. The minimum Gasteiger partial charge on any atom is -0.385 e. The molecule has 1 saturated carbocycles. The number of amides is 1. The predicted molar refractivity (Wildman–Crippen MR) is 64.1 cm³/mol. The van der Waals surface area contributed by atoms with Crippen molar-refractivity contribution in [1.29, 1.82) is 0 Å². The van der Waals surface area contributed by atoms with Gasteiger partial charge >= 0.3 is 0 Å². The molecular formula is C12H22F2N2O2. The molecule has 1 aliphatic carbocycles. The van der Waals surface area contributed by atoms with Gasteiger partial charge in [-0.05, 0) is 31.6 Å². The molecule has 0 radical (unpaired) electrons. The number of alkyl halides is 2. The van der Waals surface area contributed by atoms with Crippen molar-refractivity contribution >= 4 is 5.91 Å². The van der Waals surface area contributed by atoms with Crippen LogP contribution in [0, 0.1) is 11.3 Å². The van der Waals surface area contributed by atoms with Crippen molar-refractivity contribution in [3.8, 4) is 0 Å². The first-order valence-electron chi connectivity index (χ1n) is 6.36. The molecule has 1 aliphatic rings. The van der Waals surface area contributed by atoms with Crippen LogP contribution in [0.2, 0.25) is 0 Å². The number of nitrogens with one attached hydrogen (secondary N) is 1. The molecule has 106 valence electrons. The van der Waals surface area contributed by atoms with Crippen LogP contribution in [-0.4, -0.2) is 36.6 Å². The SMILES string of the molecule is CC1CCC(CN)(C(=O)NCC(O)C(F)F)CC1. The lowest BCUT2D eigenvalue weighted by Crippen LogP contribution is -2.50. The molecule has 0 saturated heterocycles. The first-order chi connectivity index (χ1) is 8.41. The number of hydrogen-bond acceptors (Lipinski definition) is 3. The van der Waals surface area contributed by atoms with E-state index in [1.54, 1.807) is 0 Å². The highest BCUT2D eigenvalue weighted by molar-refractivity contribution is 5.83. The maximum Gasteiger partial charge on any atom is 0.265 e. The van der Waals surface area contributed by atoms with E-state index in [4.69, 9.17) is 10.8 Å². The second-order valence-electron chi connectivity index (χ2n) is 5.28. The highest BCUT2D eigenvalue weighted by Gasteiger charge is 2.39. The van der Waals surface area contributed by atoms with Crippen molar-refractivity contribution in [2.24, 2.45) is 17.1 Å². The molecule has 0 aromatic heterocycles. The largest absolute Gasteiger partial charge is 0.385 e. The molecule has 0 heterocycles. The van der Waals surface area contributed by atoms with E-state index in [1.807, 2.05) is 0 Å². The average molecular weight is 264 g/mol. The summed E-state index contributed by atoms with van der Waals surface area (Å²) < 4.78 is 24.2. The van der Waals surface area contributed by atoms with E-state index in [0.29, 0.717) is 18.8 Å². The van der Waals surface area contributed by atoms with Crippen LogP contribution in [0.25, 0.3) is 0 Å². The summed E-state index contributed by atoms with van der Waals surface area (Å²) in [5.74, 6) is 0.265. The number of aliphatic hydroxyl groups is 1. The topological polar surface area (TPSA) is 75.4 Å². The normalized spacial score (nSPS) is 30.2. The Morgan fingerprint density at radius 2 is 2.06 bits per heavy atom. The van der Waals surface area contributed by atoms with Crippen LogP contribution in [0.1, 0.15) is 32.6 Å². The molecule has 0 aliphatic heterocycles. The Kier molecular flexibility index (Phi) is 5.47. The van der Waals surface area contributed by atoms with Crippen LogP contribution in [-0.2, 0) is 4.79 Å². The van der Waals surface area contributed by atoms with Gasteiger partial charge in [-0.15, -0.1) is 0 Å². The van der Waals surface area contributed by atoms with Crippen LogP contribution in [0.3, 0.4) is 0 Å². The lowest BCUT2D eigenvalue weighted by Gasteiger charge is -2.37. The second kappa shape index (κ2) is 6.43. The van der Waals surface area contributed by atoms with Gasteiger partial charge in [0, 0.05) is 13.1 Å². The smallest absolute Gasteiger partial charge is 0.265 e. The van der Waals surface area contributed by atoms with Gasteiger partial charge < -0.3 is 16.2 Å². The van der Waals surface area contributed by atoms with E-state index in [-0.39, 0.29) is 12.5 Å². The number of carbonyl (C=O) groups excluding carboxylic acids is 1. The van der Waals surface area contributed by atoms with Crippen molar-refractivity contribution in [2.45, 2.75) is 45.1 Å². The van der Waals surface area contributed by atoms with Gasteiger partial charge in [-0.1, -0.05) is 6.92 Å². The first kappa shape index (κ1) is 15.3. The van der Waals surface area contributed by atoms with Gasteiger partial charge in [-0.2, -0.15) is 0 Å². The molecular weight excluding hydrogens is 242 g/mol. The Balaban J connectivity index is 2.52. The third-order valence-corrected chi connectivity index (χ3v) is 3.87. The number of rotatable bonds is 5. The molecule has 1 rings (SSSR count). The van der Waals surface area contributed by atoms with Crippen molar-refractivity contribution in [2.75, 3.05) is 13.1 Å². The fourth-order valence-corrected chi connectivity index (χ4v) is 2.31. The Hall–Kier alpha value is -0.750. The summed E-state index contributed by atoms with van der Waals surface area (Å²) in [6.07, 6.45) is -1.45. The van der Waals surface area contributed by atoms with Crippen LogP contribution in [0.15, 0.2) is 0 Å². The fourth-order valence-electron chi connectivity index (χ4n) is 2.31. The summed E-state index contributed by atoms with van der Waals surface area (Å²) in [7, 11) is 0. The highest BCUT2D eigenvalue weighted by atomic mass is 19.3. The van der Waals surface area contributed by atoms with E-state index in [2.05, 4.69) is 12.2 Å². The lowest BCUT2D eigenvalue weighted by molar-refractivity contribution is -0.133. The number of hydrogen-bond donors (Lipinski definition) is 3. The van der Waals surface area contributed by atoms with Gasteiger partial charge in [0.2, 0.25) is 5.91 Å². The second-order valence-corrected chi connectivity index (χ2v) is 5.28. The summed E-state index contributed by atoms with van der Waals surface area (Å²) in [6.45, 7) is 1.92. The minimum absolute atomic E-state index is 0.219. The van der Waals surface area contributed by atoms with Crippen molar-refractivity contribution in [3.63, 3.8) is 0 Å². The molecule has 1 fully saturated rings. The van der Waals surface area contributed by atoms with Gasteiger partial charge in [0.15, 0.2) is 0 Å². The maximum atomic E-state index is 12.1. The summed E-state index contributed by atoms with van der Waals surface area (Å²) in [4.78, 5) is 12.0. The van der Waals surface area contributed by atoms with Crippen molar-refractivity contribution in [3.05, 3.63) is 0 Å². The summed E-state index contributed by atoms with van der Waals surface area (Å²) in [5.41, 5.74) is 5.03. The zero-order valence-electron chi connectivity index (χ0n) is 10.7. The third-order valence-electron chi connectivity index (χ3n) is 3.87. The summed E-state index contributed by atoms with van der Waals surface area (Å²) in [6, 6.07) is 0. The van der Waals surface area contributed by atoms with Gasteiger partial charge in [-0.3, -0.25) is 4.79 Å². The van der Waals surface area contributed by atoms with E-state index in [0.717, 1.165) is 12.8 Å². The molecule has 0 aromatic carbocycles. The number of halogens is 2. The van der Waals surface area contributed by atoms with Crippen molar-refractivity contribution < 1.29 is 18.7 Å². The third kappa shape index (κ3) is 3.62. The minimum atomic E-state index is -2.84. The average Bonchev–Trinajstić information content (AvgIpc) is 2.36. The monoisotopic (exact) mass is 264 g/mol. The Labute approximate surface area is 106 Å². The molecule has 4 nitrogen and oxygen atoms in total. The van der Waals surface area contributed by atoms with Gasteiger partial charge in [0.1, 0.15) is 6.10 Å². The van der Waals surface area contributed by atoms with E-state index in [1.165, 1.54) is 0 Å². The van der Waals surface area contributed by atoms with E-state index >= 15 is 0 Å². The predicted octanol–water partition coefficient (Wildman–Crippen LogP) is 0.884. The van der Waals surface area contributed by atoms with Gasteiger partial charge in [0.05, 0.1) is 5.41 Å². The number of carbonyl (C=O) groups is 1. The summed E-state index contributed by atoms with van der Waals surface area (Å²) >= 11 is 0. The lowest BCUT2D eigenvalue weighted by atomic mass is 9.70. The van der Waals surface area contributed by atoms with Gasteiger partial charge in [-0.25, -0.2) is 8.78 Å². The Bertz CT molecular complexity index is 279. The first-order valence-corrected chi connectivity index (χ1v) is 6.36. The quantitative estimate of drug-likeness (QED) is 0.690. The zero-order chi connectivity index (χ0) is 13.8. The van der Waals surface area contributed by atoms with Crippen LogP contribution < -0.4 is 11.1 Å². The molecule has 0 spiro atoms. The highest BCUT2D eigenvalue weighted by Crippen LogP contribution is 2.38. The molecule has 1 amide bonds. The molecule has 4 N–H and O–H groups in total. The zero-order valence-corrected chi connectivity index (χ0v) is 10.7. The van der Waals surface area contributed by atoms with E-state index < -0.39 is 24.5 Å². The van der Waals surface area contributed by atoms with Crippen molar-refractivity contribution in [1.82, 2.24) is 5.32 Å². The number of aliphatic hydroxyl groups excluding tert-OH is 1. The fraction of sp³-hybridized carbons (Fsp3) is 0.917. The Morgan fingerprint density at radius 1 is 1.50 bits per heavy atom. The standard InChI is InChI=1S/C12H22F2N2O2/c1-8-2-4-12(7-15,5-3-8)11(18)16-6-9(17)10(13)14/h8-10,17H,2-7,15H2,1H3,(H,16,18). The van der Waals surface area contributed by atoms with Crippen LogP contribution in [0.5, 0.6) is 0 Å². The maximum absolute atomic E-state index is 12.1. The molecule has 6 heteroatoms. The molecule has 0 aromatic rings. The molecule has 1 atom stereocenters. The summed E-state index contributed by atoms with van der Waals surface area (Å²) in [5, 5.41) is 11.4. The van der Waals surface area contributed by atoms with Gasteiger partial charge in [0.25, 0.3) is 6.43 Å². The molecule has 18 heavy (non-hydrogen) atoms. The number of nitrogens with two attached hydrogens (primary N) is 1.